The van der Waals surface area contributed by atoms with Gasteiger partial charge in [-0.15, -0.1) is 11.8 Å². The molecule has 12 heteroatoms. The third-order valence-electron chi connectivity index (χ3n) is 5.39. The van der Waals surface area contributed by atoms with Crippen LogP contribution in [0.4, 0.5) is 0 Å². The van der Waals surface area contributed by atoms with Gasteiger partial charge in [0.15, 0.2) is 5.76 Å². The fourth-order valence-corrected chi connectivity index (χ4v) is 5.32. The third kappa shape index (κ3) is 5.01. The van der Waals surface area contributed by atoms with Crippen molar-refractivity contribution in [2.45, 2.75) is 31.9 Å². The highest BCUT2D eigenvalue weighted by molar-refractivity contribution is 8.00. The number of furan rings is 1. The second-order valence-corrected chi connectivity index (χ2v) is 9.35. The number of benzene rings is 1. The predicted octanol–water partition coefficient (Wildman–Crippen LogP) is 2.74. The number of halogens is 1. The first kappa shape index (κ1) is 24.7. The van der Waals surface area contributed by atoms with Crippen LogP contribution in [-0.4, -0.2) is 57.5 Å². The molecule has 3 heterocycles. The molecule has 2 amide bonds. The minimum Gasteiger partial charge on any atom is -0.484 e. The van der Waals surface area contributed by atoms with E-state index in [1.807, 2.05) is 19.1 Å². The Morgan fingerprint density at radius 3 is 2.71 bits per heavy atom. The van der Waals surface area contributed by atoms with E-state index < -0.39 is 35.2 Å². The highest BCUT2D eigenvalue weighted by atomic mass is 35.5. The number of hydrogen-bond donors (Lipinski definition) is 2. The van der Waals surface area contributed by atoms with Gasteiger partial charge in [0.2, 0.25) is 0 Å². The number of thioether (sulfide) groups is 1. The Morgan fingerprint density at radius 1 is 1.26 bits per heavy atom. The molecule has 0 radical (unpaired) electrons. The average Bonchev–Trinajstić information content (AvgIpc) is 3.29. The Bertz CT molecular complexity index is 1220. The smallest absolute Gasteiger partial charge is 0.352 e. The standard InChI is InChI=1S/C23H21ClN2O8S/c1-11-4-3-5-15(24)19(11)33-9-14-6-7-16(34-14)20(28)25-17-21(29)26-18(23(30)31)13(8-32-12(2)27)10-35-22(17)26/h3-7,17,22H,8-10H2,1-2H3,(H,25,28)(H,30,31)/t17-,22-/m1/s1. The molecular formula is C23H21ClN2O8S. The number of carboxylic acids is 1. The zero-order valence-electron chi connectivity index (χ0n) is 18.7. The molecule has 0 saturated carbocycles. The van der Waals surface area contributed by atoms with Crippen LogP contribution in [-0.2, 0) is 25.7 Å². The number of aryl methyl sites for hydroxylation is 1. The highest BCUT2D eigenvalue weighted by Gasteiger charge is 2.54. The maximum Gasteiger partial charge on any atom is 0.352 e. The lowest BCUT2D eigenvalue weighted by Crippen LogP contribution is -2.70. The van der Waals surface area contributed by atoms with Gasteiger partial charge in [0, 0.05) is 18.2 Å². The minimum absolute atomic E-state index is 0.0175. The summed E-state index contributed by atoms with van der Waals surface area (Å²) in [5, 5.41) is 12.1. The molecule has 1 fully saturated rings. The Morgan fingerprint density at radius 2 is 2.03 bits per heavy atom. The fraction of sp³-hybridized carbons (Fsp3) is 0.304. The molecule has 2 atom stereocenters. The van der Waals surface area contributed by atoms with Gasteiger partial charge >= 0.3 is 11.9 Å². The molecule has 10 nitrogen and oxygen atoms in total. The van der Waals surface area contributed by atoms with Crippen molar-refractivity contribution in [2.24, 2.45) is 0 Å². The molecule has 4 rings (SSSR count). The molecule has 2 aliphatic rings. The van der Waals surface area contributed by atoms with E-state index in [4.69, 9.17) is 25.5 Å². The molecule has 2 N–H and O–H groups in total. The number of amides is 2. The number of hydrogen-bond acceptors (Lipinski definition) is 8. The molecule has 2 aliphatic heterocycles. The summed E-state index contributed by atoms with van der Waals surface area (Å²) in [6.45, 7) is 2.89. The number of ether oxygens (including phenoxy) is 2. The molecule has 0 aliphatic carbocycles. The van der Waals surface area contributed by atoms with Gasteiger partial charge in [-0.25, -0.2) is 4.79 Å². The topological polar surface area (TPSA) is 135 Å². The van der Waals surface area contributed by atoms with Gasteiger partial charge in [-0.2, -0.15) is 0 Å². The molecular weight excluding hydrogens is 500 g/mol. The Hall–Kier alpha value is -3.44. The van der Waals surface area contributed by atoms with Crippen LogP contribution in [0.3, 0.4) is 0 Å². The monoisotopic (exact) mass is 520 g/mol. The number of nitrogens with one attached hydrogen (secondary N) is 1. The lowest BCUT2D eigenvalue weighted by atomic mass is 10.0. The van der Waals surface area contributed by atoms with E-state index in [1.54, 1.807) is 12.1 Å². The number of para-hydroxylation sites is 1. The number of carboxylic acid groups (broad SMARTS) is 1. The number of fused-ring (bicyclic) bond motifs is 1. The van der Waals surface area contributed by atoms with E-state index in [-0.39, 0.29) is 30.4 Å². The second kappa shape index (κ2) is 10.0. The summed E-state index contributed by atoms with van der Waals surface area (Å²) in [4.78, 5) is 49.4. The molecule has 0 unspecified atom stereocenters. The van der Waals surface area contributed by atoms with Crippen molar-refractivity contribution in [2.75, 3.05) is 12.4 Å². The number of β-lactam (4-membered cyclic amide) rings is 1. The van der Waals surface area contributed by atoms with Crippen molar-refractivity contribution in [1.29, 1.82) is 0 Å². The van der Waals surface area contributed by atoms with Crippen molar-refractivity contribution in [3.05, 3.63) is 63.7 Å². The van der Waals surface area contributed by atoms with Gasteiger partial charge in [-0.1, -0.05) is 23.7 Å². The Kier molecular flexibility index (Phi) is 7.08. The predicted molar refractivity (Wildman–Crippen MR) is 125 cm³/mol. The number of nitrogens with zero attached hydrogens (tertiary/aromatic N) is 1. The molecule has 184 valence electrons. The summed E-state index contributed by atoms with van der Waals surface area (Å²) in [7, 11) is 0. The molecule has 1 saturated heterocycles. The van der Waals surface area contributed by atoms with Gasteiger partial charge in [-0.3, -0.25) is 19.3 Å². The largest absolute Gasteiger partial charge is 0.484 e. The van der Waals surface area contributed by atoms with Crippen LogP contribution >= 0.6 is 23.4 Å². The Balaban J connectivity index is 1.39. The minimum atomic E-state index is -1.31. The second-order valence-electron chi connectivity index (χ2n) is 7.84. The number of aliphatic carboxylic acids is 1. The molecule has 2 aromatic rings. The third-order valence-corrected chi connectivity index (χ3v) is 7.03. The van der Waals surface area contributed by atoms with Gasteiger partial charge in [0.1, 0.15) is 41.8 Å². The summed E-state index contributed by atoms with van der Waals surface area (Å²) in [5.41, 5.74) is 0.945. The van der Waals surface area contributed by atoms with Gasteiger partial charge < -0.3 is 24.3 Å². The van der Waals surface area contributed by atoms with E-state index in [2.05, 4.69) is 5.32 Å². The summed E-state index contributed by atoms with van der Waals surface area (Å²) < 4.78 is 16.2. The maximum atomic E-state index is 12.7. The van der Waals surface area contributed by atoms with Crippen LogP contribution in [0.2, 0.25) is 5.02 Å². The van der Waals surface area contributed by atoms with E-state index in [0.29, 0.717) is 22.1 Å². The van der Waals surface area contributed by atoms with Crippen molar-refractivity contribution in [3.8, 4) is 5.75 Å². The van der Waals surface area contributed by atoms with Crippen molar-refractivity contribution >= 4 is 47.1 Å². The zero-order chi connectivity index (χ0) is 25.3. The molecule has 0 bridgehead atoms. The first-order chi connectivity index (χ1) is 16.7. The lowest BCUT2D eigenvalue weighted by molar-refractivity contribution is -0.149. The molecule has 35 heavy (non-hydrogen) atoms. The van der Waals surface area contributed by atoms with E-state index in [1.165, 1.54) is 24.8 Å². The SMILES string of the molecule is CC(=O)OCC1=C(C(=O)O)N2C(=O)[C@@H](NC(=O)c3ccc(COc4c(C)cccc4Cl)o3)[C@H]2SC1. The van der Waals surface area contributed by atoms with E-state index >= 15 is 0 Å². The van der Waals surface area contributed by atoms with Crippen LogP contribution in [0.25, 0.3) is 0 Å². The summed E-state index contributed by atoms with van der Waals surface area (Å²) in [6.07, 6.45) is 0. The number of carbonyl (C=O) groups excluding carboxylic acids is 3. The van der Waals surface area contributed by atoms with E-state index in [0.717, 1.165) is 10.5 Å². The van der Waals surface area contributed by atoms with Crippen LogP contribution in [0.5, 0.6) is 5.75 Å². The highest BCUT2D eigenvalue weighted by Crippen LogP contribution is 2.40. The van der Waals surface area contributed by atoms with Crippen LogP contribution in [0.1, 0.15) is 28.8 Å². The van der Waals surface area contributed by atoms with Crippen molar-refractivity contribution in [3.63, 3.8) is 0 Å². The lowest BCUT2D eigenvalue weighted by Gasteiger charge is -2.49. The number of rotatable bonds is 8. The zero-order valence-corrected chi connectivity index (χ0v) is 20.3. The number of carbonyl (C=O) groups is 4. The molecule has 1 aromatic heterocycles. The van der Waals surface area contributed by atoms with Crippen molar-refractivity contribution < 1.29 is 38.2 Å². The molecule has 0 spiro atoms. The Labute approximate surface area is 209 Å². The maximum absolute atomic E-state index is 12.7. The van der Waals surface area contributed by atoms with Gasteiger partial charge in [0.05, 0.1) is 5.02 Å². The van der Waals surface area contributed by atoms with Crippen LogP contribution < -0.4 is 10.1 Å². The summed E-state index contributed by atoms with van der Waals surface area (Å²) in [5.74, 6) is -1.93. The average molecular weight is 521 g/mol. The number of esters is 1. The van der Waals surface area contributed by atoms with Gasteiger partial charge in [0.25, 0.3) is 11.8 Å². The van der Waals surface area contributed by atoms with Gasteiger partial charge in [-0.05, 0) is 30.7 Å². The van der Waals surface area contributed by atoms with Crippen molar-refractivity contribution in [1.82, 2.24) is 10.2 Å². The quantitative estimate of drug-likeness (QED) is 0.397. The normalized spacial score (nSPS) is 19.1. The fourth-order valence-electron chi connectivity index (χ4n) is 3.72. The molecule has 1 aromatic carbocycles. The first-order valence-corrected chi connectivity index (χ1v) is 11.9. The van der Waals surface area contributed by atoms with E-state index in [9.17, 15) is 24.3 Å². The summed E-state index contributed by atoms with van der Waals surface area (Å²) >= 11 is 7.42. The van der Waals surface area contributed by atoms with Crippen LogP contribution in [0, 0.1) is 6.92 Å². The van der Waals surface area contributed by atoms with Crippen LogP contribution in [0.15, 0.2) is 46.0 Å². The summed E-state index contributed by atoms with van der Waals surface area (Å²) in [6, 6.07) is 7.49. The first-order valence-electron chi connectivity index (χ1n) is 10.5.